The van der Waals surface area contributed by atoms with Crippen LogP contribution < -0.4 is 19.5 Å². The Morgan fingerprint density at radius 2 is 1.76 bits per heavy atom. The molecule has 34 heavy (non-hydrogen) atoms. The summed E-state index contributed by atoms with van der Waals surface area (Å²) in [6.45, 7) is 0. The number of aromatic nitrogens is 3. The van der Waals surface area contributed by atoms with Crippen molar-refractivity contribution in [1.29, 1.82) is 0 Å². The van der Waals surface area contributed by atoms with Crippen LogP contribution in [-0.4, -0.2) is 29.0 Å². The Morgan fingerprint density at radius 3 is 2.59 bits per heavy atom. The first-order valence-electron chi connectivity index (χ1n) is 10.8. The molecule has 4 aromatic rings. The Bertz CT molecular complexity index is 1430. The summed E-state index contributed by atoms with van der Waals surface area (Å²) in [5, 5.41) is 8.69. The van der Waals surface area contributed by atoms with Gasteiger partial charge < -0.3 is 19.5 Å². The number of fused-ring (bicyclic) bond motifs is 3. The number of methoxy groups -OCH3 is 2. The minimum absolute atomic E-state index is 0.316. The van der Waals surface area contributed by atoms with Gasteiger partial charge >= 0.3 is 0 Å². The van der Waals surface area contributed by atoms with E-state index >= 15 is 0 Å². The number of hydrogen-bond donors (Lipinski definition) is 1. The van der Waals surface area contributed by atoms with Crippen LogP contribution in [0.2, 0.25) is 5.02 Å². The summed E-state index contributed by atoms with van der Waals surface area (Å²) in [7, 11) is 3.25. The first kappa shape index (κ1) is 20.6. The smallest absolute Gasteiger partial charge is 0.226 e. The van der Waals surface area contributed by atoms with Crippen molar-refractivity contribution in [2.24, 2.45) is 0 Å². The van der Waals surface area contributed by atoms with Gasteiger partial charge in [0.05, 0.1) is 19.9 Å². The summed E-state index contributed by atoms with van der Waals surface area (Å²) in [5.74, 6) is 2.71. The van der Waals surface area contributed by atoms with Crippen LogP contribution in [0.1, 0.15) is 28.8 Å². The van der Waals surface area contributed by atoms with Crippen molar-refractivity contribution in [3.05, 3.63) is 100 Å². The van der Waals surface area contributed by atoms with E-state index < -0.39 is 6.10 Å². The Kier molecular flexibility index (Phi) is 4.92. The molecule has 0 spiro atoms. The van der Waals surface area contributed by atoms with Crippen LogP contribution in [0, 0.1) is 0 Å². The molecular formula is C26H21ClN4O3. The molecule has 0 saturated heterocycles. The van der Waals surface area contributed by atoms with Gasteiger partial charge in [-0.25, -0.2) is 4.68 Å². The third kappa shape index (κ3) is 3.12. The SMILES string of the molecule is COc1ccc(C2C3=C(Nc4ncnn42)c2ccccc2OC3c2ccccc2Cl)cc1OC. The molecule has 6 rings (SSSR count). The van der Waals surface area contributed by atoms with Crippen LogP contribution in [0.25, 0.3) is 5.70 Å². The summed E-state index contributed by atoms with van der Waals surface area (Å²) < 4.78 is 19.5. The monoisotopic (exact) mass is 472 g/mol. The van der Waals surface area contributed by atoms with Gasteiger partial charge in [-0.15, -0.1) is 0 Å². The van der Waals surface area contributed by atoms with Crippen molar-refractivity contribution >= 4 is 23.2 Å². The number of benzene rings is 3. The number of nitrogens with zero attached hydrogens (tertiary/aromatic N) is 3. The van der Waals surface area contributed by atoms with Crippen LogP contribution in [0.5, 0.6) is 17.2 Å². The molecule has 2 aliphatic rings. The van der Waals surface area contributed by atoms with E-state index in [0.717, 1.165) is 33.7 Å². The quantitative estimate of drug-likeness (QED) is 0.422. The summed E-state index contributed by atoms with van der Waals surface area (Å²) >= 11 is 6.68. The molecule has 0 fully saturated rings. The second-order valence-corrected chi connectivity index (χ2v) is 8.42. The number of rotatable bonds is 4. The largest absolute Gasteiger partial charge is 0.493 e. The molecule has 2 aliphatic heterocycles. The van der Waals surface area contributed by atoms with E-state index in [-0.39, 0.29) is 6.04 Å². The third-order valence-electron chi connectivity index (χ3n) is 6.23. The summed E-state index contributed by atoms with van der Waals surface area (Å²) in [6, 6.07) is 21.3. The van der Waals surface area contributed by atoms with E-state index in [1.54, 1.807) is 20.5 Å². The Balaban J connectivity index is 1.63. The van der Waals surface area contributed by atoms with Crippen molar-refractivity contribution in [2.75, 3.05) is 19.5 Å². The molecule has 0 amide bonds. The zero-order chi connectivity index (χ0) is 23.2. The highest BCUT2D eigenvalue weighted by molar-refractivity contribution is 6.31. The average molecular weight is 473 g/mol. The maximum atomic E-state index is 6.68. The molecule has 2 atom stereocenters. The Morgan fingerprint density at radius 1 is 0.971 bits per heavy atom. The van der Waals surface area contributed by atoms with Gasteiger partial charge in [0.15, 0.2) is 17.6 Å². The third-order valence-corrected chi connectivity index (χ3v) is 6.58. The van der Waals surface area contributed by atoms with Gasteiger partial charge in [0, 0.05) is 21.7 Å². The van der Waals surface area contributed by atoms with Gasteiger partial charge in [-0.3, -0.25) is 0 Å². The van der Waals surface area contributed by atoms with Gasteiger partial charge in [-0.2, -0.15) is 10.1 Å². The second-order valence-electron chi connectivity index (χ2n) is 8.02. The lowest BCUT2D eigenvalue weighted by Gasteiger charge is -2.39. The fourth-order valence-corrected chi connectivity index (χ4v) is 4.94. The van der Waals surface area contributed by atoms with Gasteiger partial charge in [-0.1, -0.05) is 48.0 Å². The van der Waals surface area contributed by atoms with Crippen molar-refractivity contribution in [3.8, 4) is 17.2 Å². The normalized spacial score (nSPS) is 18.2. The minimum Gasteiger partial charge on any atom is -0.493 e. The number of ether oxygens (including phenoxy) is 3. The van der Waals surface area contributed by atoms with Crippen molar-refractivity contribution < 1.29 is 14.2 Å². The molecule has 170 valence electrons. The number of anilines is 1. The maximum absolute atomic E-state index is 6.68. The van der Waals surface area contributed by atoms with Crippen LogP contribution in [0.15, 0.2) is 78.6 Å². The zero-order valence-corrected chi connectivity index (χ0v) is 19.3. The fraction of sp³-hybridized carbons (Fsp3) is 0.154. The highest BCUT2D eigenvalue weighted by Gasteiger charge is 2.41. The molecule has 1 N–H and O–H groups in total. The fourth-order valence-electron chi connectivity index (χ4n) is 4.71. The summed E-state index contributed by atoms with van der Waals surface area (Å²) in [6.07, 6.45) is 1.10. The Hall–Kier alpha value is -3.97. The van der Waals surface area contributed by atoms with E-state index in [9.17, 15) is 0 Å². The molecule has 3 heterocycles. The lowest BCUT2D eigenvalue weighted by atomic mass is 9.84. The molecule has 0 bridgehead atoms. The predicted octanol–water partition coefficient (Wildman–Crippen LogP) is 5.51. The minimum atomic E-state index is -0.443. The zero-order valence-electron chi connectivity index (χ0n) is 18.5. The maximum Gasteiger partial charge on any atom is 0.226 e. The predicted molar refractivity (Wildman–Crippen MR) is 130 cm³/mol. The molecular weight excluding hydrogens is 452 g/mol. The lowest BCUT2D eigenvalue weighted by molar-refractivity contribution is 0.223. The van der Waals surface area contributed by atoms with Crippen LogP contribution in [-0.2, 0) is 0 Å². The van der Waals surface area contributed by atoms with Gasteiger partial charge in [0.2, 0.25) is 5.95 Å². The summed E-state index contributed by atoms with van der Waals surface area (Å²) in [5.41, 5.74) is 4.71. The number of halogens is 1. The molecule has 7 nitrogen and oxygen atoms in total. The highest BCUT2D eigenvalue weighted by Crippen LogP contribution is 2.51. The number of para-hydroxylation sites is 1. The molecule has 0 aliphatic carbocycles. The number of nitrogens with one attached hydrogen (secondary N) is 1. The van der Waals surface area contributed by atoms with E-state index in [1.165, 1.54) is 0 Å². The first-order chi connectivity index (χ1) is 16.7. The van der Waals surface area contributed by atoms with Crippen LogP contribution >= 0.6 is 11.6 Å². The highest BCUT2D eigenvalue weighted by atomic mass is 35.5. The Labute approximate surface area is 201 Å². The van der Waals surface area contributed by atoms with E-state index in [2.05, 4.69) is 15.4 Å². The molecule has 8 heteroatoms. The lowest BCUT2D eigenvalue weighted by Crippen LogP contribution is -2.32. The van der Waals surface area contributed by atoms with Crippen LogP contribution in [0.3, 0.4) is 0 Å². The van der Waals surface area contributed by atoms with Crippen molar-refractivity contribution in [2.45, 2.75) is 12.1 Å². The molecule has 0 saturated carbocycles. The second kappa shape index (κ2) is 8.11. The van der Waals surface area contributed by atoms with Crippen molar-refractivity contribution in [1.82, 2.24) is 14.8 Å². The number of hydrogen-bond acceptors (Lipinski definition) is 6. The van der Waals surface area contributed by atoms with Gasteiger partial charge in [0.25, 0.3) is 0 Å². The van der Waals surface area contributed by atoms with Crippen molar-refractivity contribution in [3.63, 3.8) is 0 Å². The standard InChI is InChI=1S/C26H21ClN4O3/c1-32-20-12-11-15(13-21(20)33-2)24-22-23(30-26-28-14-29-31(24)26)17-8-4-6-10-19(17)34-25(22)16-7-3-5-9-18(16)27/h3-14,24-25H,1-2H3,(H,28,29,30). The van der Waals surface area contributed by atoms with Gasteiger partial charge in [0.1, 0.15) is 18.1 Å². The molecule has 2 unspecified atom stereocenters. The summed E-state index contributed by atoms with van der Waals surface area (Å²) in [4.78, 5) is 4.47. The van der Waals surface area contributed by atoms with E-state index in [1.807, 2.05) is 71.4 Å². The molecule has 0 radical (unpaired) electrons. The average Bonchev–Trinajstić information content (AvgIpc) is 3.35. The van der Waals surface area contributed by atoms with Crippen LogP contribution in [0.4, 0.5) is 5.95 Å². The topological polar surface area (TPSA) is 70.4 Å². The van der Waals surface area contributed by atoms with Gasteiger partial charge in [-0.05, 0) is 35.9 Å². The van der Waals surface area contributed by atoms with E-state index in [4.69, 9.17) is 25.8 Å². The first-order valence-corrected chi connectivity index (χ1v) is 11.2. The molecule has 1 aromatic heterocycles. The molecule has 3 aromatic carbocycles. The van der Waals surface area contributed by atoms with E-state index in [0.29, 0.717) is 22.5 Å².